The Morgan fingerprint density at radius 3 is 2.72 bits per heavy atom. The summed E-state index contributed by atoms with van der Waals surface area (Å²) in [6.07, 6.45) is 2.43. The van der Waals surface area contributed by atoms with Crippen LogP contribution in [0.1, 0.15) is 30.0 Å². The maximum absolute atomic E-state index is 5.71. The molecule has 3 N–H and O–H groups in total. The van der Waals surface area contributed by atoms with Gasteiger partial charge in [-0.15, -0.1) is 0 Å². The molecule has 0 radical (unpaired) electrons. The van der Waals surface area contributed by atoms with Gasteiger partial charge in [-0.3, -0.25) is 11.3 Å². The predicted molar refractivity (Wildman–Crippen MR) is 74.3 cm³/mol. The molecule has 1 heterocycles. The lowest BCUT2D eigenvalue weighted by molar-refractivity contribution is 0.117. The quantitative estimate of drug-likeness (QED) is 0.633. The molecule has 0 saturated carbocycles. The Morgan fingerprint density at radius 2 is 2.17 bits per heavy atom. The first-order chi connectivity index (χ1) is 8.60. The van der Waals surface area contributed by atoms with E-state index in [9.17, 15) is 0 Å². The zero-order chi connectivity index (χ0) is 13.1. The SMILES string of the molecule is Cc1ccc(CC(NN)C2COC(C)C2)cc1C. The molecule has 3 unspecified atom stereocenters. The normalized spacial score (nSPS) is 25.3. The van der Waals surface area contributed by atoms with E-state index in [-0.39, 0.29) is 0 Å². The molecule has 18 heavy (non-hydrogen) atoms. The van der Waals surface area contributed by atoms with Crippen molar-refractivity contribution in [1.29, 1.82) is 0 Å². The molecule has 2 rings (SSSR count). The van der Waals surface area contributed by atoms with Gasteiger partial charge in [0.25, 0.3) is 0 Å². The third kappa shape index (κ3) is 3.10. The van der Waals surface area contributed by atoms with Crippen LogP contribution >= 0.6 is 0 Å². The second-order valence-corrected chi connectivity index (χ2v) is 5.54. The van der Waals surface area contributed by atoms with Crippen LogP contribution in [-0.2, 0) is 11.2 Å². The Kier molecular flexibility index (Phi) is 4.38. The molecule has 1 aliphatic rings. The summed E-state index contributed by atoms with van der Waals surface area (Å²) in [5.74, 6) is 6.23. The largest absolute Gasteiger partial charge is 0.378 e. The number of hydrogen-bond donors (Lipinski definition) is 2. The molecule has 0 aromatic heterocycles. The van der Waals surface area contributed by atoms with Crippen LogP contribution in [-0.4, -0.2) is 18.8 Å². The second-order valence-electron chi connectivity index (χ2n) is 5.54. The van der Waals surface area contributed by atoms with E-state index in [1.165, 1.54) is 16.7 Å². The average molecular weight is 248 g/mol. The van der Waals surface area contributed by atoms with Crippen LogP contribution in [0.4, 0.5) is 0 Å². The maximum atomic E-state index is 5.71. The molecular formula is C15H24N2O. The van der Waals surface area contributed by atoms with Crippen LogP contribution in [0.2, 0.25) is 0 Å². The monoisotopic (exact) mass is 248 g/mol. The fourth-order valence-electron chi connectivity index (χ4n) is 2.68. The van der Waals surface area contributed by atoms with Crippen molar-refractivity contribution in [3.05, 3.63) is 34.9 Å². The molecule has 100 valence electrons. The van der Waals surface area contributed by atoms with Crippen LogP contribution in [0.25, 0.3) is 0 Å². The van der Waals surface area contributed by atoms with Crippen LogP contribution in [0.3, 0.4) is 0 Å². The van der Waals surface area contributed by atoms with E-state index in [1.54, 1.807) is 0 Å². The Labute approximate surface area is 110 Å². The van der Waals surface area contributed by atoms with Crippen LogP contribution in [0, 0.1) is 19.8 Å². The molecule has 1 fully saturated rings. The lowest BCUT2D eigenvalue weighted by Gasteiger charge is -2.22. The summed E-state index contributed by atoms with van der Waals surface area (Å²) in [5, 5.41) is 0. The smallest absolute Gasteiger partial charge is 0.0551 e. The number of hydrazine groups is 1. The van der Waals surface area contributed by atoms with Gasteiger partial charge in [-0.25, -0.2) is 0 Å². The van der Waals surface area contributed by atoms with E-state index in [0.717, 1.165) is 19.4 Å². The van der Waals surface area contributed by atoms with Crippen LogP contribution in [0.15, 0.2) is 18.2 Å². The molecule has 0 amide bonds. The van der Waals surface area contributed by atoms with Crippen molar-refractivity contribution in [3.8, 4) is 0 Å². The summed E-state index contributed by atoms with van der Waals surface area (Å²) in [7, 11) is 0. The van der Waals surface area contributed by atoms with Gasteiger partial charge in [0.2, 0.25) is 0 Å². The number of ether oxygens (including phenoxy) is 1. The van der Waals surface area contributed by atoms with Gasteiger partial charge in [-0.1, -0.05) is 18.2 Å². The van der Waals surface area contributed by atoms with E-state index < -0.39 is 0 Å². The van der Waals surface area contributed by atoms with Gasteiger partial charge in [0.1, 0.15) is 0 Å². The second kappa shape index (κ2) is 5.83. The van der Waals surface area contributed by atoms with Crippen molar-refractivity contribution < 1.29 is 4.74 Å². The lowest BCUT2D eigenvalue weighted by atomic mass is 9.91. The molecule has 0 aliphatic carbocycles. The topological polar surface area (TPSA) is 47.3 Å². The Hall–Kier alpha value is -0.900. The van der Waals surface area contributed by atoms with Gasteiger partial charge in [0, 0.05) is 12.0 Å². The van der Waals surface area contributed by atoms with Gasteiger partial charge in [-0.05, 0) is 50.3 Å². The zero-order valence-electron chi connectivity index (χ0n) is 11.6. The highest BCUT2D eigenvalue weighted by Crippen LogP contribution is 2.24. The van der Waals surface area contributed by atoms with E-state index >= 15 is 0 Å². The van der Waals surface area contributed by atoms with Crippen LogP contribution in [0.5, 0.6) is 0 Å². The summed E-state index contributed by atoms with van der Waals surface area (Å²) in [5.41, 5.74) is 7.00. The molecule has 0 spiro atoms. The van der Waals surface area contributed by atoms with Gasteiger partial charge in [0.05, 0.1) is 12.7 Å². The molecule has 3 nitrogen and oxygen atoms in total. The number of aryl methyl sites for hydroxylation is 2. The minimum atomic E-state index is 0.303. The average Bonchev–Trinajstić information content (AvgIpc) is 2.77. The van der Waals surface area contributed by atoms with E-state index in [2.05, 4.69) is 44.4 Å². The molecule has 0 bridgehead atoms. The Bertz CT molecular complexity index is 405. The Balaban J connectivity index is 2.03. The predicted octanol–water partition coefficient (Wildman–Crippen LogP) is 2.10. The van der Waals surface area contributed by atoms with Crippen molar-refractivity contribution in [3.63, 3.8) is 0 Å². The molecule has 3 atom stereocenters. The lowest BCUT2D eigenvalue weighted by Crippen LogP contribution is -2.42. The molecule has 3 heteroatoms. The first-order valence-electron chi connectivity index (χ1n) is 6.74. The fraction of sp³-hybridized carbons (Fsp3) is 0.600. The third-order valence-corrected chi connectivity index (χ3v) is 4.04. The van der Waals surface area contributed by atoms with Crippen molar-refractivity contribution in [2.45, 2.75) is 45.8 Å². The van der Waals surface area contributed by atoms with E-state index in [4.69, 9.17) is 10.6 Å². The molecule has 1 saturated heterocycles. The number of nitrogens with one attached hydrogen (secondary N) is 1. The van der Waals surface area contributed by atoms with Gasteiger partial charge in [0.15, 0.2) is 0 Å². The summed E-state index contributed by atoms with van der Waals surface area (Å²) in [6.45, 7) is 7.25. The minimum Gasteiger partial charge on any atom is -0.378 e. The highest BCUT2D eigenvalue weighted by Gasteiger charge is 2.29. The Morgan fingerprint density at radius 1 is 1.39 bits per heavy atom. The van der Waals surface area contributed by atoms with Crippen molar-refractivity contribution in [2.75, 3.05) is 6.61 Å². The molecule has 1 aliphatic heterocycles. The van der Waals surface area contributed by atoms with Crippen LogP contribution < -0.4 is 11.3 Å². The van der Waals surface area contributed by atoms with Crippen molar-refractivity contribution >= 4 is 0 Å². The van der Waals surface area contributed by atoms with Gasteiger partial charge in [-0.2, -0.15) is 0 Å². The van der Waals surface area contributed by atoms with Gasteiger partial charge < -0.3 is 4.74 Å². The van der Waals surface area contributed by atoms with Crippen molar-refractivity contribution in [2.24, 2.45) is 11.8 Å². The third-order valence-electron chi connectivity index (χ3n) is 4.04. The number of hydrogen-bond acceptors (Lipinski definition) is 3. The van der Waals surface area contributed by atoms with Gasteiger partial charge >= 0.3 is 0 Å². The van der Waals surface area contributed by atoms with E-state index in [1.807, 2.05) is 0 Å². The number of rotatable bonds is 4. The summed E-state index contributed by atoms with van der Waals surface area (Å²) in [6, 6.07) is 6.95. The first-order valence-corrected chi connectivity index (χ1v) is 6.74. The molecule has 1 aromatic carbocycles. The highest BCUT2D eigenvalue weighted by molar-refractivity contribution is 5.30. The number of nitrogens with two attached hydrogens (primary N) is 1. The molecule has 1 aromatic rings. The zero-order valence-corrected chi connectivity index (χ0v) is 11.6. The first kappa shape index (κ1) is 13.5. The highest BCUT2D eigenvalue weighted by atomic mass is 16.5. The number of benzene rings is 1. The summed E-state index contributed by atoms with van der Waals surface area (Å²) < 4.78 is 5.63. The molecular weight excluding hydrogens is 224 g/mol. The summed E-state index contributed by atoms with van der Waals surface area (Å²) >= 11 is 0. The van der Waals surface area contributed by atoms with E-state index in [0.29, 0.717) is 18.1 Å². The summed E-state index contributed by atoms with van der Waals surface area (Å²) in [4.78, 5) is 0. The fourth-order valence-corrected chi connectivity index (χ4v) is 2.68. The minimum absolute atomic E-state index is 0.303. The van der Waals surface area contributed by atoms with Crippen molar-refractivity contribution in [1.82, 2.24) is 5.43 Å². The maximum Gasteiger partial charge on any atom is 0.0551 e. The standard InChI is InChI=1S/C15H24N2O/c1-10-4-5-13(6-11(10)2)8-15(17-16)14-7-12(3)18-9-14/h4-6,12,14-15,17H,7-9,16H2,1-3H3.